The van der Waals surface area contributed by atoms with Gasteiger partial charge in [-0.3, -0.25) is 0 Å². The van der Waals surface area contributed by atoms with Gasteiger partial charge in [0, 0.05) is 5.56 Å². The third-order valence-corrected chi connectivity index (χ3v) is 2.90. The van der Waals surface area contributed by atoms with Crippen molar-refractivity contribution in [1.82, 2.24) is 10.1 Å². The Morgan fingerprint density at radius 3 is 3.00 bits per heavy atom. The summed E-state index contributed by atoms with van der Waals surface area (Å²) >= 11 is 0. The van der Waals surface area contributed by atoms with Gasteiger partial charge in [0.1, 0.15) is 0 Å². The van der Waals surface area contributed by atoms with Crippen LogP contribution in [0.2, 0.25) is 0 Å². The van der Waals surface area contributed by atoms with Crippen LogP contribution < -0.4 is 0 Å². The van der Waals surface area contributed by atoms with Crippen LogP contribution in [-0.2, 0) is 9.47 Å². The second-order valence-electron chi connectivity index (χ2n) is 4.28. The van der Waals surface area contributed by atoms with Crippen molar-refractivity contribution in [3.8, 4) is 11.4 Å². The molecule has 1 N–H and O–H groups in total. The minimum atomic E-state index is -1.00. The number of benzene rings is 1. The van der Waals surface area contributed by atoms with Gasteiger partial charge in [-0.05, 0) is 12.1 Å². The van der Waals surface area contributed by atoms with Crippen LogP contribution in [-0.4, -0.2) is 41.0 Å². The molecule has 0 amide bonds. The van der Waals surface area contributed by atoms with Crippen molar-refractivity contribution in [2.75, 3.05) is 19.8 Å². The van der Waals surface area contributed by atoms with Crippen LogP contribution in [0.15, 0.2) is 28.8 Å². The van der Waals surface area contributed by atoms with E-state index in [1.165, 1.54) is 12.1 Å². The standard InChI is InChI=1S/C13H12N2O5/c16-13(17)9-3-1-2-8(6-9)11-14-12(20-15-11)10-7-18-4-5-19-10/h1-3,6,10H,4-5,7H2,(H,16,17). The molecule has 1 unspecified atom stereocenters. The van der Waals surface area contributed by atoms with Gasteiger partial charge in [-0.1, -0.05) is 17.3 Å². The normalized spacial score (nSPS) is 18.9. The molecule has 1 aromatic heterocycles. The molecule has 1 aliphatic rings. The highest BCUT2D eigenvalue weighted by molar-refractivity contribution is 5.89. The van der Waals surface area contributed by atoms with Crippen molar-refractivity contribution in [2.24, 2.45) is 0 Å². The smallest absolute Gasteiger partial charge is 0.335 e. The Balaban J connectivity index is 1.85. The zero-order valence-electron chi connectivity index (χ0n) is 10.5. The van der Waals surface area contributed by atoms with Gasteiger partial charge in [-0.15, -0.1) is 0 Å². The lowest BCUT2D eigenvalue weighted by Gasteiger charge is -2.19. The Labute approximate surface area is 114 Å². The van der Waals surface area contributed by atoms with Crippen LogP contribution in [0.3, 0.4) is 0 Å². The number of carboxylic acids is 1. The van der Waals surface area contributed by atoms with Gasteiger partial charge < -0.3 is 19.1 Å². The lowest BCUT2D eigenvalue weighted by molar-refractivity contribution is -0.101. The fourth-order valence-electron chi connectivity index (χ4n) is 1.90. The van der Waals surface area contributed by atoms with Crippen molar-refractivity contribution in [1.29, 1.82) is 0 Å². The van der Waals surface area contributed by atoms with E-state index >= 15 is 0 Å². The highest BCUT2D eigenvalue weighted by Crippen LogP contribution is 2.23. The Kier molecular flexibility index (Phi) is 3.44. The minimum absolute atomic E-state index is 0.172. The molecule has 20 heavy (non-hydrogen) atoms. The number of hydrogen-bond acceptors (Lipinski definition) is 6. The summed E-state index contributed by atoms with van der Waals surface area (Å²) in [5, 5.41) is 12.8. The van der Waals surface area contributed by atoms with E-state index in [0.717, 1.165) is 0 Å². The van der Waals surface area contributed by atoms with E-state index in [-0.39, 0.29) is 11.7 Å². The Hall–Kier alpha value is -2.25. The van der Waals surface area contributed by atoms with E-state index in [4.69, 9.17) is 19.1 Å². The number of ether oxygens (including phenoxy) is 2. The van der Waals surface area contributed by atoms with E-state index in [0.29, 0.717) is 37.1 Å². The average molecular weight is 276 g/mol. The predicted molar refractivity (Wildman–Crippen MR) is 66.2 cm³/mol. The van der Waals surface area contributed by atoms with Crippen LogP contribution in [0.1, 0.15) is 22.4 Å². The number of carboxylic acid groups (broad SMARTS) is 1. The summed E-state index contributed by atoms with van der Waals surface area (Å²) < 4.78 is 15.9. The van der Waals surface area contributed by atoms with Crippen molar-refractivity contribution >= 4 is 5.97 Å². The number of rotatable bonds is 3. The van der Waals surface area contributed by atoms with Crippen LogP contribution in [0.5, 0.6) is 0 Å². The van der Waals surface area contributed by atoms with E-state index in [2.05, 4.69) is 10.1 Å². The molecule has 0 aliphatic carbocycles. The molecule has 0 spiro atoms. The topological polar surface area (TPSA) is 94.7 Å². The van der Waals surface area contributed by atoms with E-state index in [1.54, 1.807) is 12.1 Å². The largest absolute Gasteiger partial charge is 0.478 e. The molecule has 0 radical (unpaired) electrons. The zero-order chi connectivity index (χ0) is 13.9. The molecule has 2 aromatic rings. The van der Waals surface area contributed by atoms with E-state index in [1.807, 2.05) is 0 Å². The maximum atomic E-state index is 10.9. The predicted octanol–water partition coefficient (Wildman–Crippen LogP) is 1.52. The van der Waals surface area contributed by atoms with Crippen molar-refractivity contribution in [2.45, 2.75) is 6.10 Å². The maximum Gasteiger partial charge on any atom is 0.335 e. The first-order valence-corrected chi connectivity index (χ1v) is 6.11. The second-order valence-corrected chi connectivity index (χ2v) is 4.28. The summed E-state index contributed by atoms with van der Waals surface area (Å²) in [6, 6.07) is 6.36. The summed E-state index contributed by atoms with van der Waals surface area (Å²) in [6.07, 6.45) is -0.368. The van der Waals surface area contributed by atoms with Crippen LogP contribution in [0.25, 0.3) is 11.4 Å². The van der Waals surface area contributed by atoms with Gasteiger partial charge in [-0.2, -0.15) is 4.98 Å². The Bertz CT molecular complexity index is 619. The molecule has 104 valence electrons. The second kappa shape index (κ2) is 5.40. The minimum Gasteiger partial charge on any atom is -0.478 e. The number of aromatic nitrogens is 2. The third-order valence-electron chi connectivity index (χ3n) is 2.90. The van der Waals surface area contributed by atoms with Gasteiger partial charge in [0.2, 0.25) is 5.82 Å². The van der Waals surface area contributed by atoms with Gasteiger partial charge >= 0.3 is 5.97 Å². The number of hydrogen-bond donors (Lipinski definition) is 1. The molecule has 1 fully saturated rings. The molecule has 0 bridgehead atoms. The molecule has 7 heteroatoms. The van der Waals surface area contributed by atoms with Crippen molar-refractivity contribution in [3.63, 3.8) is 0 Å². The molecule has 1 atom stereocenters. The number of nitrogens with zero attached hydrogens (tertiary/aromatic N) is 2. The average Bonchev–Trinajstić information content (AvgIpc) is 2.98. The highest BCUT2D eigenvalue weighted by atomic mass is 16.6. The van der Waals surface area contributed by atoms with E-state index in [9.17, 15) is 4.79 Å². The lowest BCUT2D eigenvalue weighted by atomic mass is 10.1. The number of carbonyl (C=O) groups is 1. The molecule has 1 aliphatic heterocycles. The zero-order valence-corrected chi connectivity index (χ0v) is 10.5. The maximum absolute atomic E-state index is 10.9. The van der Waals surface area contributed by atoms with Gasteiger partial charge in [-0.25, -0.2) is 4.79 Å². The molecule has 0 saturated carbocycles. The fourth-order valence-corrected chi connectivity index (χ4v) is 1.90. The number of aromatic carboxylic acids is 1. The van der Waals surface area contributed by atoms with Gasteiger partial charge in [0.05, 0.1) is 25.4 Å². The lowest BCUT2D eigenvalue weighted by Crippen LogP contribution is -2.22. The summed E-state index contributed by atoms with van der Waals surface area (Å²) in [7, 11) is 0. The van der Waals surface area contributed by atoms with Crippen molar-refractivity contribution < 1.29 is 23.9 Å². The molecule has 3 rings (SSSR count). The SMILES string of the molecule is O=C(O)c1cccc(-c2noc(C3COCCO3)n2)c1. The molecule has 7 nitrogen and oxygen atoms in total. The molecular weight excluding hydrogens is 264 g/mol. The summed E-state index contributed by atoms with van der Waals surface area (Å²) in [4.78, 5) is 15.2. The molecule has 1 saturated heterocycles. The van der Waals surface area contributed by atoms with Crippen LogP contribution in [0.4, 0.5) is 0 Å². The molecule has 1 aromatic carbocycles. The van der Waals surface area contributed by atoms with Crippen LogP contribution >= 0.6 is 0 Å². The first kappa shape index (κ1) is 12.8. The quantitative estimate of drug-likeness (QED) is 0.908. The summed E-state index contributed by atoms with van der Waals surface area (Å²) in [5.41, 5.74) is 0.753. The first-order valence-electron chi connectivity index (χ1n) is 6.11. The summed E-state index contributed by atoms with van der Waals surface area (Å²) in [5.74, 6) is -0.336. The van der Waals surface area contributed by atoms with Crippen LogP contribution in [0, 0.1) is 0 Å². The summed E-state index contributed by atoms with van der Waals surface area (Å²) in [6.45, 7) is 1.41. The highest BCUT2D eigenvalue weighted by Gasteiger charge is 2.23. The van der Waals surface area contributed by atoms with Gasteiger partial charge in [0.25, 0.3) is 5.89 Å². The van der Waals surface area contributed by atoms with Gasteiger partial charge in [0.15, 0.2) is 6.10 Å². The monoisotopic (exact) mass is 276 g/mol. The molecule has 2 heterocycles. The Morgan fingerprint density at radius 2 is 2.25 bits per heavy atom. The fraction of sp³-hybridized carbons (Fsp3) is 0.308. The third kappa shape index (κ3) is 2.54. The van der Waals surface area contributed by atoms with E-state index < -0.39 is 5.97 Å². The molecular formula is C13H12N2O5. The Morgan fingerprint density at radius 1 is 1.35 bits per heavy atom. The van der Waals surface area contributed by atoms with Crippen molar-refractivity contribution in [3.05, 3.63) is 35.7 Å². The first-order chi connectivity index (χ1) is 9.74.